The highest BCUT2D eigenvalue weighted by Gasteiger charge is 2.23. The molecule has 0 atom stereocenters. The number of aromatic nitrogens is 4. The van der Waals surface area contributed by atoms with Gasteiger partial charge in [0, 0.05) is 27.3 Å². The van der Waals surface area contributed by atoms with Gasteiger partial charge in [-0.3, -0.25) is 0 Å². The van der Waals surface area contributed by atoms with Crippen molar-refractivity contribution in [3.63, 3.8) is 0 Å². The third-order valence-electron chi connectivity index (χ3n) is 12.3. The fraction of sp³-hybridized carbons (Fsp3) is 0.0172. The number of furan rings is 1. The van der Waals surface area contributed by atoms with Crippen LogP contribution < -0.4 is 0 Å². The summed E-state index contributed by atoms with van der Waals surface area (Å²) in [7, 11) is 0. The Morgan fingerprint density at radius 1 is 0.492 bits per heavy atom. The standard InChI is InChI=1S/C58H38N4O/c1-3-4-14-41-35-52-49(33-36(41)2)46-19-10-12-21-50(46)62(52)51-32-31-48(55-54(51)47-20-11-13-22-53(47)63-55)58-60-56(40-26-23-38(24-27-40)37-15-6-5-7-16-37)59-57(61-58)43-29-30-45-42(34-43)28-25-39-17-8-9-18-44(39)45/h3-35H,1H2,2H3/b14-4-. The SMILES string of the molecule is C=C/C=C\c1cc2c(cc1C)c1ccccc1n2-c1ccc(-c2nc(-c3ccc(-c4ccccc4)cc3)nc(-c3ccc4c(ccc5ccccc54)c3)n2)c2oc3ccccc3c12. The Morgan fingerprint density at radius 2 is 1.14 bits per heavy atom. The van der Waals surface area contributed by atoms with Crippen molar-refractivity contribution in [3.05, 3.63) is 212 Å². The van der Waals surface area contributed by atoms with E-state index >= 15 is 0 Å². The van der Waals surface area contributed by atoms with Crippen molar-refractivity contribution in [2.75, 3.05) is 0 Å². The molecule has 3 aromatic heterocycles. The Hall–Kier alpha value is -8.41. The number of hydrogen-bond donors (Lipinski definition) is 0. The van der Waals surface area contributed by atoms with Crippen LogP contribution in [0.15, 0.2) is 205 Å². The zero-order valence-corrected chi connectivity index (χ0v) is 34.5. The molecular formula is C58H38N4O. The van der Waals surface area contributed by atoms with Crippen LogP contribution in [0.4, 0.5) is 0 Å². The van der Waals surface area contributed by atoms with Crippen LogP contribution in [0.1, 0.15) is 11.1 Å². The van der Waals surface area contributed by atoms with Gasteiger partial charge >= 0.3 is 0 Å². The van der Waals surface area contributed by atoms with E-state index in [1.807, 2.05) is 30.4 Å². The van der Waals surface area contributed by atoms with Gasteiger partial charge in [0.1, 0.15) is 11.2 Å². The third kappa shape index (κ3) is 6.05. The predicted molar refractivity (Wildman–Crippen MR) is 262 cm³/mol. The fourth-order valence-electron chi connectivity index (χ4n) is 9.27. The number of benzene rings is 9. The van der Waals surface area contributed by atoms with Crippen molar-refractivity contribution in [2.45, 2.75) is 6.92 Å². The van der Waals surface area contributed by atoms with Crippen molar-refractivity contribution in [3.8, 4) is 51.0 Å². The lowest BCUT2D eigenvalue weighted by molar-refractivity contribution is 0.669. The van der Waals surface area contributed by atoms with Gasteiger partial charge < -0.3 is 8.98 Å². The van der Waals surface area contributed by atoms with Crippen LogP contribution in [-0.4, -0.2) is 19.5 Å². The number of allylic oxidation sites excluding steroid dienone is 2. The van der Waals surface area contributed by atoms with Crippen molar-refractivity contribution in [1.82, 2.24) is 19.5 Å². The van der Waals surface area contributed by atoms with Crippen LogP contribution in [-0.2, 0) is 0 Å². The first-order chi connectivity index (χ1) is 31.1. The van der Waals surface area contributed by atoms with Gasteiger partial charge in [-0.25, -0.2) is 15.0 Å². The van der Waals surface area contributed by atoms with Gasteiger partial charge in [0.2, 0.25) is 0 Å². The largest absolute Gasteiger partial charge is 0.455 e. The van der Waals surface area contributed by atoms with Gasteiger partial charge in [-0.15, -0.1) is 0 Å². The second-order valence-corrected chi connectivity index (χ2v) is 16.1. The van der Waals surface area contributed by atoms with E-state index in [1.165, 1.54) is 32.5 Å². The molecule has 0 amide bonds. The molecule has 5 nitrogen and oxygen atoms in total. The molecule has 0 aliphatic carbocycles. The van der Waals surface area contributed by atoms with E-state index in [2.05, 4.69) is 188 Å². The molecule has 63 heavy (non-hydrogen) atoms. The molecule has 296 valence electrons. The lowest BCUT2D eigenvalue weighted by Gasteiger charge is -2.13. The summed E-state index contributed by atoms with van der Waals surface area (Å²) in [6.45, 7) is 6.09. The molecule has 0 saturated heterocycles. The van der Waals surface area contributed by atoms with E-state index in [4.69, 9.17) is 19.4 Å². The maximum Gasteiger partial charge on any atom is 0.167 e. The number of nitrogens with zero attached hydrogens (tertiary/aromatic N) is 4. The Bertz CT molecular complexity index is 3820. The molecule has 0 unspecified atom stereocenters. The lowest BCUT2D eigenvalue weighted by atomic mass is 10.00. The summed E-state index contributed by atoms with van der Waals surface area (Å²) >= 11 is 0. The fourth-order valence-corrected chi connectivity index (χ4v) is 9.27. The molecule has 5 heteroatoms. The molecule has 0 saturated carbocycles. The van der Waals surface area contributed by atoms with Crippen LogP contribution in [0.5, 0.6) is 0 Å². The van der Waals surface area contributed by atoms with Crippen LogP contribution in [0.25, 0.3) is 122 Å². The van der Waals surface area contributed by atoms with Crippen LogP contribution >= 0.6 is 0 Å². The Kier molecular flexibility index (Phi) is 8.47. The molecule has 0 aliphatic heterocycles. The minimum absolute atomic E-state index is 0.533. The minimum atomic E-state index is 0.533. The van der Waals surface area contributed by atoms with E-state index in [-0.39, 0.29) is 0 Å². The average Bonchev–Trinajstić information content (AvgIpc) is 3.89. The van der Waals surface area contributed by atoms with E-state index in [0.717, 1.165) is 71.8 Å². The smallest absolute Gasteiger partial charge is 0.167 e. The van der Waals surface area contributed by atoms with Gasteiger partial charge in [0.05, 0.1) is 27.7 Å². The van der Waals surface area contributed by atoms with Crippen molar-refractivity contribution >= 4 is 71.4 Å². The van der Waals surface area contributed by atoms with E-state index < -0.39 is 0 Å². The molecule has 0 radical (unpaired) electrons. The third-order valence-corrected chi connectivity index (χ3v) is 12.3. The number of rotatable bonds is 7. The van der Waals surface area contributed by atoms with Gasteiger partial charge in [-0.05, 0) is 93.2 Å². The van der Waals surface area contributed by atoms with E-state index in [0.29, 0.717) is 23.1 Å². The maximum absolute atomic E-state index is 6.92. The normalized spacial score (nSPS) is 11.9. The van der Waals surface area contributed by atoms with Crippen molar-refractivity contribution in [2.24, 2.45) is 0 Å². The molecule has 0 fully saturated rings. The monoisotopic (exact) mass is 806 g/mol. The number of hydrogen-bond acceptors (Lipinski definition) is 4. The number of para-hydroxylation sites is 2. The second kappa shape index (κ2) is 14.6. The van der Waals surface area contributed by atoms with Crippen LogP contribution in [0.3, 0.4) is 0 Å². The maximum atomic E-state index is 6.92. The van der Waals surface area contributed by atoms with Crippen LogP contribution in [0, 0.1) is 6.92 Å². The van der Waals surface area contributed by atoms with E-state index in [9.17, 15) is 0 Å². The summed E-state index contributed by atoms with van der Waals surface area (Å²) in [6, 6.07) is 64.0. The molecule has 0 bridgehead atoms. The van der Waals surface area contributed by atoms with Crippen molar-refractivity contribution in [1.29, 1.82) is 0 Å². The Labute approximate surface area is 363 Å². The van der Waals surface area contributed by atoms with E-state index in [1.54, 1.807) is 0 Å². The van der Waals surface area contributed by atoms with Gasteiger partial charge in [-0.2, -0.15) is 0 Å². The molecule has 12 aromatic rings. The van der Waals surface area contributed by atoms with Crippen LogP contribution in [0.2, 0.25) is 0 Å². The summed E-state index contributed by atoms with van der Waals surface area (Å²) < 4.78 is 9.29. The zero-order chi connectivity index (χ0) is 42.0. The molecule has 0 aliphatic rings. The predicted octanol–water partition coefficient (Wildman–Crippen LogP) is 15.4. The lowest BCUT2D eigenvalue weighted by Crippen LogP contribution is -2.01. The number of aryl methyl sites for hydroxylation is 1. The first kappa shape index (κ1) is 36.4. The van der Waals surface area contributed by atoms with Crippen molar-refractivity contribution < 1.29 is 4.42 Å². The summed E-state index contributed by atoms with van der Waals surface area (Å²) in [5, 5.41) is 9.12. The molecule has 9 aromatic carbocycles. The molecule has 3 heterocycles. The second-order valence-electron chi connectivity index (χ2n) is 16.1. The highest BCUT2D eigenvalue weighted by Crippen LogP contribution is 2.43. The molecule has 0 spiro atoms. The highest BCUT2D eigenvalue weighted by atomic mass is 16.3. The molecule has 0 N–H and O–H groups in total. The quantitative estimate of drug-likeness (QED) is 0.119. The highest BCUT2D eigenvalue weighted by molar-refractivity contribution is 6.17. The number of fused-ring (bicyclic) bond motifs is 9. The van der Waals surface area contributed by atoms with Gasteiger partial charge in [0.15, 0.2) is 17.5 Å². The summed E-state index contributed by atoms with van der Waals surface area (Å²) in [4.78, 5) is 15.7. The topological polar surface area (TPSA) is 56.7 Å². The van der Waals surface area contributed by atoms with Gasteiger partial charge in [0.25, 0.3) is 0 Å². The molecular weight excluding hydrogens is 769 g/mol. The Morgan fingerprint density at radius 3 is 1.98 bits per heavy atom. The summed E-state index contributed by atoms with van der Waals surface area (Å²) in [5.74, 6) is 1.70. The zero-order valence-electron chi connectivity index (χ0n) is 34.5. The van der Waals surface area contributed by atoms with Gasteiger partial charge in [-0.1, -0.05) is 164 Å². The first-order valence-corrected chi connectivity index (χ1v) is 21.2. The average molecular weight is 807 g/mol. The summed E-state index contributed by atoms with van der Waals surface area (Å²) in [5.41, 5.74) is 11.9. The molecule has 12 rings (SSSR count). The Balaban J connectivity index is 1.10. The summed E-state index contributed by atoms with van der Waals surface area (Å²) in [6.07, 6.45) is 5.93. The first-order valence-electron chi connectivity index (χ1n) is 21.2. The minimum Gasteiger partial charge on any atom is -0.455 e.